The number of nitrogens with two attached hydrogens (primary N) is 1. The van der Waals surface area contributed by atoms with Crippen molar-refractivity contribution in [2.75, 3.05) is 12.3 Å². The molecular weight excluding hydrogens is 382 g/mol. The van der Waals surface area contributed by atoms with E-state index in [9.17, 15) is 9.59 Å². The Bertz CT molecular complexity index is 1270. The summed E-state index contributed by atoms with van der Waals surface area (Å²) in [7, 11) is 0. The molecule has 4 aromatic rings. The Balaban J connectivity index is 1.92. The van der Waals surface area contributed by atoms with E-state index in [-0.39, 0.29) is 30.3 Å². The number of hydrogen-bond donors (Lipinski definition) is 1. The van der Waals surface area contributed by atoms with Crippen molar-refractivity contribution in [1.82, 2.24) is 19.5 Å². The molecule has 30 heavy (non-hydrogen) atoms. The van der Waals surface area contributed by atoms with Gasteiger partial charge < -0.3 is 10.5 Å². The summed E-state index contributed by atoms with van der Waals surface area (Å²) in [6.07, 6.45) is 0. The second-order valence-electron chi connectivity index (χ2n) is 6.59. The van der Waals surface area contributed by atoms with E-state index in [1.54, 1.807) is 0 Å². The van der Waals surface area contributed by atoms with Gasteiger partial charge in [-0.3, -0.25) is 14.2 Å². The van der Waals surface area contributed by atoms with E-state index >= 15 is 0 Å². The van der Waals surface area contributed by atoms with Crippen molar-refractivity contribution in [1.29, 1.82) is 0 Å². The fourth-order valence-electron chi connectivity index (χ4n) is 3.14. The molecule has 150 valence electrons. The number of carbonyl (C=O) groups excluding carboxylic acids is 1. The molecule has 0 fully saturated rings. The molecule has 0 bridgehead atoms. The third-order valence-corrected chi connectivity index (χ3v) is 4.54. The predicted molar refractivity (Wildman–Crippen MR) is 114 cm³/mol. The van der Waals surface area contributed by atoms with E-state index in [1.165, 1.54) is 11.5 Å². The largest absolute Gasteiger partial charge is 0.464 e. The van der Waals surface area contributed by atoms with Crippen LogP contribution in [-0.4, -0.2) is 32.1 Å². The zero-order valence-electron chi connectivity index (χ0n) is 16.3. The van der Waals surface area contributed by atoms with Crippen LogP contribution in [0.15, 0.2) is 65.5 Å². The number of rotatable bonds is 5. The minimum atomic E-state index is -0.436. The molecule has 4 rings (SSSR count). The number of benzene rings is 2. The van der Waals surface area contributed by atoms with Gasteiger partial charge in [0, 0.05) is 18.1 Å². The summed E-state index contributed by atoms with van der Waals surface area (Å²) < 4.78 is 6.15. The zero-order valence-corrected chi connectivity index (χ0v) is 16.3. The van der Waals surface area contributed by atoms with Crippen molar-refractivity contribution in [2.45, 2.75) is 13.5 Å². The lowest BCUT2D eigenvalue weighted by Crippen LogP contribution is -2.28. The van der Waals surface area contributed by atoms with Gasteiger partial charge in [-0.25, -0.2) is 9.97 Å². The first-order valence-electron chi connectivity index (χ1n) is 9.37. The average molecular weight is 401 g/mol. The number of aromatic nitrogens is 4. The van der Waals surface area contributed by atoms with Crippen LogP contribution in [0.5, 0.6) is 0 Å². The van der Waals surface area contributed by atoms with Gasteiger partial charge in [0.1, 0.15) is 6.61 Å². The van der Waals surface area contributed by atoms with Crippen molar-refractivity contribution in [2.24, 2.45) is 0 Å². The van der Waals surface area contributed by atoms with Crippen LogP contribution in [0.25, 0.3) is 33.7 Å². The lowest BCUT2D eigenvalue weighted by atomic mass is 10.0. The molecule has 0 spiro atoms. The molecule has 0 aliphatic heterocycles. The summed E-state index contributed by atoms with van der Waals surface area (Å²) >= 11 is 0. The summed E-state index contributed by atoms with van der Waals surface area (Å²) in [5.74, 6) is -0.450. The lowest BCUT2D eigenvalue weighted by Gasteiger charge is -2.13. The van der Waals surface area contributed by atoms with Gasteiger partial charge in [0.05, 0.1) is 17.9 Å². The highest BCUT2D eigenvalue weighted by atomic mass is 16.5. The van der Waals surface area contributed by atoms with Gasteiger partial charge in [0.15, 0.2) is 11.2 Å². The number of esters is 1. The number of ether oxygens (including phenoxy) is 1. The Morgan fingerprint density at radius 1 is 0.933 bits per heavy atom. The van der Waals surface area contributed by atoms with Gasteiger partial charge in [-0.2, -0.15) is 4.98 Å². The monoisotopic (exact) mass is 401 g/mol. The Morgan fingerprint density at radius 3 is 2.07 bits per heavy atom. The normalized spacial score (nSPS) is 10.8. The maximum absolute atomic E-state index is 13.1. The topological polar surface area (TPSA) is 113 Å². The number of hydrogen-bond acceptors (Lipinski definition) is 7. The molecule has 0 aliphatic rings. The first kappa shape index (κ1) is 19.3. The molecule has 2 N–H and O–H groups in total. The molecule has 2 heterocycles. The van der Waals surface area contributed by atoms with Gasteiger partial charge in [0.2, 0.25) is 5.95 Å². The highest BCUT2D eigenvalue weighted by molar-refractivity contribution is 5.84. The van der Waals surface area contributed by atoms with Crippen molar-refractivity contribution in [3.05, 3.63) is 71.0 Å². The fraction of sp³-hybridized carbons (Fsp3) is 0.136. The van der Waals surface area contributed by atoms with Crippen LogP contribution in [-0.2, 0) is 16.1 Å². The van der Waals surface area contributed by atoms with Gasteiger partial charge in [-0.05, 0) is 0 Å². The summed E-state index contributed by atoms with van der Waals surface area (Å²) in [5.41, 5.74) is 8.68. The number of anilines is 1. The van der Waals surface area contributed by atoms with Crippen LogP contribution in [0.1, 0.15) is 6.92 Å². The number of nitrogen functional groups attached to an aromatic ring is 1. The van der Waals surface area contributed by atoms with E-state index in [0.29, 0.717) is 11.4 Å². The minimum Gasteiger partial charge on any atom is -0.464 e. The molecule has 0 saturated carbocycles. The van der Waals surface area contributed by atoms with Gasteiger partial charge in [-0.1, -0.05) is 60.7 Å². The van der Waals surface area contributed by atoms with E-state index in [1.807, 2.05) is 60.7 Å². The third-order valence-electron chi connectivity index (χ3n) is 4.54. The van der Waals surface area contributed by atoms with Crippen LogP contribution in [0.2, 0.25) is 0 Å². The summed E-state index contributed by atoms with van der Waals surface area (Å²) in [6, 6.07) is 19.1. The number of nitrogens with zero attached hydrogens (tertiary/aromatic N) is 4. The molecule has 0 atom stereocenters. The predicted octanol–water partition coefficient (Wildman–Crippen LogP) is 2.67. The molecule has 8 nitrogen and oxygen atoms in total. The second-order valence-corrected chi connectivity index (χ2v) is 6.59. The summed E-state index contributed by atoms with van der Waals surface area (Å²) in [4.78, 5) is 37.6. The van der Waals surface area contributed by atoms with Crippen molar-refractivity contribution >= 4 is 23.1 Å². The molecule has 0 saturated heterocycles. The van der Waals surface area contributed by atoms with E-state index in [2.05, 4.69) is 15.0 Å². The molecule has 0 amide bonds. The zero-order chi connectivity index (χ0) is 21.1. The van der Waals surface area contributed by atoms with Gasteiger partial charge in [-0.15, -0.1) is 0 Å². The lowest BCUT2D eigenvalue weighted by molar-refractivity contribution is -0.141. The number of carbonyl (C=O) groups is 1. The minimum absolute atomic E-state index is 0.00764. The molecule has 2 aromatic heterocycles. The van der Waals surface area contributed by atoms with Crippen LogP contribution in [0, 0.1) is 0 Å². The molecule has 2 aromatic carbocycles. The van der Waals surface area contributed by atoms with E-state index < -0.39 is 11.5 Å². The maximum atomic E-state index is 13.1. The Morgan fingerprint density at radius 2 is 1.50 bits per heavy atom. The molecule has 0 aliphatic carbocycles. The highest BCUT2D eigenvalue weighted by Crippen LogP contribution is 2.29. The standard InChI is InChI=1S/C22H19N5O3/c1-14(28)30-13-12-27-21(29)19-20(26-22(27)23)25-18(16-10-6-3-7-11-16)17(24-19)15-8-4-2-5-9-15/h2-11H,12-13H2,1H3,(H2,23,25,26). The Labute approximate surface area is 172 Å². The fourth-order valence-corrected chi connectivity index (χ4v) is 3.14. The molecule has 0 unspecified atom stereocenters. The number of fused-ring (bicyclic) bond motifs is 1. The highest BCUT2D eigenvalue weighted by Gasteiger charge is 2.18. The molecular formula is C22H19N5O3. The van der Waals surface area contributed by atoms with E-state index in [4.69, 9.17) is 10.5 Å². The van der Waals surface area contributed by atoms with Gasteiger partial charge in [0.25, 0.3) is 5.56 Å². The van der Waals surface area contributed by atoms with Crippen LogP contribution in [0.3, 0.4) is 0 Å². The van der Waals surface area contributed by atoms with Gasteiger partial charge >= 0.3 is 5.97 Å². The smallest absolute Gasteiger partial charge is 0.302 e. The first-order chi connectivity index (χ1) is 14.5. The van der Waals surface area contributed by atoms with E-state index in [0.717, 1.165) is 11.1 Å². The van der Waals surface area contributed by atoms with Crippen molar-refractivity contribution in [3.8, 4) is 22.5 Å². The summed E-state index contributed by atoms with van der Waals surface area (Å²) in [5, 5.41) is 0. The summed E-state index contributed by atoms with van der Waals surface area (Å²) in [6.45, 7) is 1.39. The van der Waals surface area contributed by atoms with Crippen LogP contribution in [0.4, 0.5) is 5.95 Å². The molecule has 8 heteroatoms. The third kappa shape index (κ3) is 3.75. The van der Waals surface area contributed by atoms with Crippen molar-refractivity contribution < 1.29 is 9.53 Å². The Hall–Kier alpha value is -4.07. The SMILES string of the molecule is CC(=O)OCCn1c(N)nc2nc(-c3ccccc3)c(-c3ccccc3)nc2c1=O. The van der Waals surface area contributed by atoms with Crippen LogP contribution < -0.4 is 11.3 Å². The Kier molecular flexibility index (Phi) is 5.21. The molecule has 0 radical (unpaired) electrons. The van der Waals surface area contributed by atoms with Crippen molar-refractivity contribution in [3.63, 3.8) is 0 Å². The maximum Gasteiger partial charge on any atom is 0.302 e. The quantitative estimate of drug-likeness (QED) is 0.512. The van der Waals surface area contributed by atoms with Crippen LogP contribution >= 0.6 is 0 Å². The second kappa shape index (κ2) is 8.12. The first-order valence-corrected chi connectivity index (χ1v) is 9.37. The average Bonchev–Trinajstić information content (AvgIpc) is 2.76.